The fourth-order valence-corrected chi connectivity index (χ4v) is 2.06. The molecule has 1 aromatic carbocycles. The first-order valence-corrected chi connectivity index (χ1v) is 5.76. The summed E-state index contributed by atoms with van der Waals surface area (Å²) < 4.78 is 0.957. The molecule has 0 bridgehead atoms. The van der Waals surface area contributed by atoms with Crippen molar-refractivity contribution in [2.24, 2.45) is 0 Å². The Kier molecular flexibility index (Phi) is 2.29. The molecule has 0 radical (unpaired) electrons. The molecule has 17 heavy (non-hydrogen) atoms. The van der Waals surface area contributed by atoms with Crippen molar-refractivity contribution in [2.45, 2.75) is 0 Å². The Morgan fingerprint density at radius 1 is 1.18 bits per heavy atom. The van der Waals surface area contributed by atoms with Crippen molar-refractivity contribution < 1.29 is 0 Å². The summed E-state index contributed by atoms with van der Waals surface area (Å²) >= 11 is 3.41. The molecule has 0 saturated carbocycles. The van der Waals surface area contributed by atoms with Crippen LogP contribution in [0.4, 0.5) is 5.95 Å². The van der Waals surface area contributed by atoms with E-state index >= 15 is 0 Å². The number of nitrogens with two attached hydrogens (primary N) is 1. The molecule has 6 heteroatoms. The second-order valence-corrected chi connectivity index (χ2v) is 4.48. The Hall–Kier alpha value is -1.95. The van der Waals surface area contributed by atoms with Crippen LogP contribution < -0.4 is 5.73 Å². The molecular weight excluding hydrogens is 282 g/mol. The first-order chi connectivity index (χ1) is 8.24. The van der Waals surface area contributed by atoms with Gasteiger partial charge in [0.2, 0.25) is 5.95 Å². The highest BCUT2D eigenvalue weighted by atomic mass is 79.9. The highest BCUT2D eigenvalue weighted by Crippen LogP contribution is 2.27. The monoisotopic (exact) mass is 289 g/mol. The van der Waals surface area contributed by atoms with E-state index in [9.17, 15) is 0 Å². The Balaban J connectivity index is 2.38. The first-order valence-electron chi connectivity index (χ1n) is 4.96. The Bertz CT molecular complexity index is 672. The van der Waals surface area contributed by atoms with Gasteiger partial charge in [-0.2, -0.15) is 5.10 Å². The molecule has 0 aliphatic carbocycles. The summed E-state index contributed by atoms with van der Waals surface area (Å²) in [6.45, 7) is 0. The number of hydrogen-bond acceptors (Lipinski definition) is 4. The number of benzene rings is 1. The predicted octanol–water partition coefficient (Wildman–Crippen LogP) is 2.36. The van der Waals surface area contributed by atoms with E-state index in [1.807, 2.05) is 24.3 Å². The van der Waals surface area contributed by atoms with Crippen LogP contribution in [0.15, 0.2) is 34.9 Å². The van der Waals surface area contributed by atoms with Gasteiger partial charge in [-0.25, -0.2) is 9.97 Å². The van der Waals surface area contributed by atoms with Gasteiger partial charge in [0.15, 0.2) is 0 Å². The van der Waals surface area contributed by atoms with Crippen molar-refractivity contribution in [3.8, 4) is 11.4 Å². The third-order valence-corrected chi connectivity index (χ3v) is 2.93. The standard InChI is InChI=1S/C11H8BrN5/c12-6-1-2-7-9(5-6)15-11(13)16-10(7)8-3-4-14-17-8/h1-5H,(H,14,17)(H2,13,15,16). The SMILES string of the molecule is Nc1nc(-c2ccn[nH]2)c2ccc(Br)cc2n1. The highest BCUT2D eigenvalue weighted by Gasteiger charge is 2.09. The number of aromatic nitrogens is 4. The van der Waals surface area contributed by atoms with E-state index in [0.717, 1.165) is 26.8 Å². The molecule has 2 heterocycles. The molecule has 0 aliphatic heterocycles. The summed E-state index contributed by atoms with van der Waals surface area (Å²) in [6.07, 6.45) is 1.68. The number of nitrogens with zero attached hydrogens (tertiary/aromatic N) is 3. The molecule has 0 atom stereocenters. The van der Waals surface area contributed by atoms with E-state index in [-0.39, 0.29) is 5.95 Å². The van der Waals surface area contributed by atoms with E-state index in [1.165, 1.54) is 0 Å². The lowest BCUT2D eigenvalue weighted by molar-refractivity contribution is 1.09. The summed E-state index contributed by atoms with van der Waals surface area (Å²) in [5, 5.41) is 7.73. The first kappa shape index (κ1) is 10.2. The van der Waals surface area contributed by atoms with Crippen molar-refractivity contribution in [1.82, 2.24) is 20.2 Å². The summed E-state index contributed by atoms with van der Waals surface area (Å²) in [5.74, 6) is 0.250. The molecule has 0 saturated heterocycles. The topological polar surface area (TPSA) is 80.5 Å². The molecule has 0 amide bonds. The smallest absolute Gasteiger partial charge is 0.221 e. The molecule has 3 rings (SSSR count). The zero-order chi connectivity index (χ0) is 11.8. The normalized spacial score (nSPS) is 10.9. The van der Waals surface area contributed by atoms with Crippen LogP contribution in [-0.2, 0) is 0 Å². The van der Waals surface area contributed by atoms with Crippen LogP contribution in [0.2, 0.25) is 0 Å². The van der Waals surface area contributed by atoms with Gasteiger partial charge in [-0.05, 0) is 24.3 Å². The van der Waals surface area contributed by atoms with Gasteiger partial charge in [0, 0.05) is 16.1 Å². The van der Waals surface area contributed by atoms with Crippen LogP contribution in [0.1, 0.15) is 0 Å². The van der Waals surface area contributed by atoms with Gasteiger partial charge >= 0.3 is 0 Å². The maximum Gasteiger partial charge on any atom is 0.221 e. The molecular formula is C11H8BrN5. The quantitative estimate of drug-likeness (QED) is 0.721. The summed E-state index contributed by atoms with van der Waals surface area (Å²) in [7, 11) is 0. The minimum absolute atomic E-state index is 0.250. The van der Waals surface area contributed by atoms with Crippen LogP contribution in [0.5, 0.6) is 0 Å². The summed E-state index contributed by atoms with van der Waals surface area (Å²) in [6, 6.07) is 7.66. The molecule has 0 fully saturated rings. The van der Waals surface area contributed by atoms with E-state index in [0.29, 0.717) is 0 Å². The van der Waals surface area contributed by atoms with E-state index in [4.69, 9.17) is 5.73 Å². The van der Waals surface area contributed by atoms with Crippen molar-refractivity contribution in [2.75, 3.05) is 5.73 Å². The van der Waals surface area contributed by atoms with Crippen molar-refractivity contribution in [3.05, 3.63) is 34.9 Å². The van der Waals surface area contributed by atoms with Gasteiger partial charge in [-0.1, -0.05) is 15.9 Å². The maximum absolute atomic E-state index is 5.71. The zero-order valence-corrected chi connectivity index (χ0v) is 10.3. The van der Waals surface area contributed by atoms with E-state index in [2.05, 4.69) is 36.1 Å². The van der Waals surface area contributed by atoms with Crippen molar-refractivity contribution >= 4 is 32.8 Å². The molecule has 2 aromatic heterocycles. The average molecular weight is 290 g/mol. The number of nitrogen functional groups attached to an aromatic ring is 1. The summed E-state index contributed by atoms with van der Waals surface area (Å²) in [4.78, 5) is 8.46. The number of halogens is 1. The number of aromatic amines is 1. The summed E-state index contributed by atoms with van der Waals surface area (Å²) in [5.41, 5.74) is 8.10. The number of nitrogens with one attached hydrogen (secondary N) is 1. The van der Waals surface area contributed by atoms with Gasteiger partial charge in [-0.15, -0.1) is 0 Å². The molecule has 3 N–H and O–H groups in total. The van der Waals surface area contributed by atoms with E-state index in [1.54, 1.807) is 6.20 Å². The molecule has 0 spiro atoms. The lowest BCUT2D eigenvalue weighted by atomic mass is 10.1. The molecule has 0 unspecified atom stereocenters. The van der Waals surface area contributed by atoms with Gasteiger partial charge < -0.3 is 5.73 Å². The molecule has 3 aromatic rings. The van der Waals surface area contributed by atoms with Gasteiger partial charge in [0.05, 0.1) is 11.2 Å². The maximum atomic E-state index is 5.71. The average Bonchev–Trinajstić information content (AvgIpc) is 2.80. The van der Waals surface area contributed by atoms with Crippen molar-refractivity contribution in [1.29, 1.82) is 0 Å². The van der Waals surface area contributed by atoms with Gasteiger partial charge in [-0.3, -0.25) is 5.10 Å². The second-order valence-electron chi connectivity index (χ2n) is 3.56. The lowest BCUT2D eigenvalue weighted by Crippen LogP contribution is -1.98. The zero-order valence-electron chi connectivity index (χ0n) is 8.68. The minimum Gasteiger partial charge on any atom is -0.368 e. The number of rotatable bonds is 1. The van der Waals surface area contributed by atoms with Crippen LogP contribution in [0, 0.1) is 0 Å². The second kappa shape index (κ2) is 3.81. The van der Waals surface area contributed by atoms with Crippen molar-refractivity contribution in [3.63, 3.8) is 0 Å². The number of H-pyrrole nitrogens is 1. The van der Waals surface area contributed by atoms with Gasteiger partial charge in [0.25, 0.3) is 0 Å². The minimum atomic E-state index is 0.250. The number of hydrogen-bond donors (Lipinski definition) is 2. The molecule has 5 nitrogen and oxygen atoms in total. The fourth-order valence-electron chi connectivity index (χ4n) is 1.71. The number of fused-ring (bicyclic) bond motifs is 1. The highest BCUT2D eigenvalue weighted by molar-refractivity contribution is 9.10. The van der Waals surface area contributed by atoms with E-state index < -0.39 is 0 Å². The lowest BCUT2D eigenvalue weighted by Gasteiger charge is -2.05. The van der Waals surface area contributed by atoms with Crippen LogP contribution in [0.3, 0.4) is 0 Å². The largest absolute Gasteiger partial charge is 0.368 e. The van der Waals surface area contributed by atoms with Crippen LogP contribution >= 0.6 is 15.9 Å². The Labute approximate surface area is 105 Å². The van der Waals surface area contributed by atoms with Crippen LogP contribution in [-0.4, -0.2) is 20.2 Å². The third kappa shape index (κ3) is 1.76. The molecule has 0 aliphatic rings. The Morgan fingerprint density at radius 3 is 2.82 bits per heavy atom. The molecule has 84 valence electrons. The third-order valence-electron chi connectivity index (χ3n) is 2.43. The van der Waals surface area contributed by atoms with Gasteiger partial charge in [0.1, 0.15) is 5.69 Å². The predicted molar refractivity (Wildman–Crippen MR) is 69.2 cm³/mol. The van der Waals surface area contributed by atoms with Crippen LogP contribution in [0.25, 0.3) is 22.3 Å². The Morgan fingerprint density at radius 2 is 2.06 bits per heavy atom. The number of anilines is 1. The fraction of sp³-hybridized carbons (Fsp3) is 0.